The summed E-state index contributed by atoms with van der Waals surface area (Å²) in [7, 11) is -8.17. The minimum absolute atomic E-state index is 0.0261. The van der Waals surface area contributed by atoms with Crippen molar-refractivity contribution in [1.29, 1.82) is 0 Å². The molecule has 0 amide bonds. The van der Waals surface area contributed by atoms with Crippen molar-refractivity contribution in [1.82, 2.24) is 4.57 Å². The number of nitrogens with one attached hydrogen (secondary N) is 1. The molecule has 0 spiro atoms. The lowest BCUT2D eigenvalue weighted by Crippen LogP contribution is -2.31. The number of aromatic nitrogens is 1. The van der Waals surface area contributed by atoms with Crippen molar-refractivity contribution < 1.29 is 57.1 Å². The largest absolute Gasteiger partial charge is 0.394 e. The monoisotopic (exact) mass is 1010 g/mol. The van der Waals surface area contributed by atoms with Gasteiger partial charge >= 0.3 is 15.2 Å². The van der Waals surface area contributed by atoms with Crippen molar-refractivity contribution in [3.63, 3.8) is 0 Å². The Morgan fingerprint density at radius 3 is 1.24 bits per heavy atom. The molecule has 15 nitrogen and oxygen atoms in total. The molecule has 2 unspecified atom stereocenters. The van der Waals surface area contributed by atoms with E-state index < -0.39 is 58.9 Å². The second-order valence-electron chi connectivity index (χ2n) is 18.6. The molecule has 1 rings (SSSR count). The van der Waals surface area contributed by atoms with E-state index in [1.165, 1.54) is 171 Å². The van der Waals surface area contributed by atoms with Crippen molar-refractivity contribution in [3.05, 3.63) is 28.7 Å². The molecular formula is C51H100N2O13P2. The molecule has 402 valence electrons. The highest BCUT2D eigenvalue weighted by atomic mass is 31.2. The smallest absolute Gasteiger partial charge is 0.353 e. The Kier molecular flexibility index (Phi) is 43.5. The summed E-state index contributed by atoms with van der Waals surface area (Å²) in [6, 6.07) is 2.89. The molecule has 0 saturated heterocycles. The molecule has 4 atom stereocenters. The van der Waals surface area contributed by atoms with Crippen LogP contribution in [0, 0.1) is 0 Å². The second-order valence-corrected chi connectivity index (χ2v) is 22.1. The Labute approximate surface area is 412 Å². The van der Waals surface area contributed by atoms with E-state index in [2.05, 4.69) is 19.2 Å². The molecule has 0 radical (unpaired) electrons. The molecule has 1 aromatic heterocycles. The first kappa shape index (κ1) is 64.8. The van der Waals surface area contributed by atoms with E-state index in [9.17, 15) is 33.9 Å². The minimum atomic E-state index is -4.10. The lowest BCUT2D eigenvalue weighted by atomic mass is 10.0. The zero-order valence-electron chi connectivity index (χ0n) is 42.9. The number of hydrogen-bond donors (Lipinski definition) is 5. The lowest BCUT2D eigenvalue weighted by Gasteiger charge is -2.20. The van der Waals surface area contributed by atoms with E-state index in [0.29, 0.717) is 45.0 Å². The van der Waals surface area contributed by atoms with Gasteiger partial charge in [-0.1, -0.05) is 181 Å². The van der Waals surface area contributed by atoms with Crippen LogP contribution in [0.5, 0.6) is 0 Å². The molecule has 17 heteroatoms. The Hall–Kier alpha value is -1.19. The fourth-order valence-electron chi connectivity index (χ4n) is 7.77. The van der Waals surface area contributed by atoms with Crippen molar-refractivity contribution >= 4 is 20.9 Å². The molecule has 0 aliphatic rings. The van der Waals surface area contributed by atoms with E-state index in [4.69, 9.17) is 28.0 Å². The molecule has 0 aliphatic heterocycles. The van der Waals surface area contributed by atoms with Crippen LogP contribution >= 0.6 is 15.2 Å². The number of nitrogens with zero attached hydrogens (tertiary/aromatic N) is 1. The standard InChI is InChI=1S/C51H100N2O13P2/c1-3-5-7-9-11-13-15-17-19-21-23-25-27-29-35-61-37-31-39-65-67(57,58)46-63-49(44-54)42-52-48-33-34-53(51(56)41-48)43-50(45-55)64-47-68(59,60)66-40-32-38-62-36-30-28-26-24-22-20-18-16-14-12-10-8-6-4-2/h33-34,41,49-50,52,54-55H,3-32,35-40,42-47H2,1-2H3,(H,57,58)(H,59,60)/t49-,50-/m0/s1. The highest BCUT2D eigenvalue weighted by Crippen LogP contribution is 2.43. The first-order valence-electron chi connectivity index (χ1n) is 27.0. The number of aliphatic hydroxyl groups is 2. The van der Waals surface area contributed by atoms with Gasteiger partial charge in [-0.05, 0) is 31.7 Å². The number of rotatable bonds is 53. The van der Waals surface area contributed by atoms with Gasteiger partial charge in [0.25, 0.3) is 5.56 Å². The van der Waals surface area contributed by atoms with Crippen LogP contribution in [-0.4, -0.2) is 109 Å². The second kappa shape index (κ2) is 45.7. The average molecular weight is 1010 g/mol. The first-order chi connectivity index (χ1) is 33.1. The van der Waals surface area contributed by atoms with Gasteiger partial charge in [0, 0.05) is 50.9 Å². The predicted molar refractivity (Wildman–Crippen MR) is 276 cm³/mol. The number of anilines is 1. The summed E-state index contributed by atoms with van der Waals surface area (Å²) < 4.78 is 58.9. The molecule has 0 saturated carbocycles. The fraction of sp³-hybridized carbons (Fsp3) is 0.902. The zero-order valence-corrected chi connectivity index (χ0v) is 44.7. The molecule has 0 aliphatic carbocycles. The molecule has 5 N–H and O–H groups in total. The van der Waals surface area contributed by atoms with Crippen LogP contribution in [0.4, 0.5) is 5.69 Å². The topological polar surface area (TPSA) is 204 Å². The van der Waals surface area contributed by atoms with Crippen LogP contribution in [0.1, 0.15) is 206 Å². The fourth-order valence-corrected chi connectivity index (χ4v) is 9.55. The van der Waals surface area contributed by atoms with Gasteiger partial charge in [-0.15, -0.1) is 0 Å². The van der Waals surface area contributed by atoms with E-state index in [-0.39, 0.29) is 26.3 Å². The summed E-state index contributed by atoms with van der Waals surface area (Å²) in [5.41, 5.74) is -0.0306. The Morgan fingerprint density at radius 2 is 0.868 bits per heavy atom. The normalized spacial score (nSPS) is 14.5. The predicted octanol–water partition coefficient (Wildman–Crippen LogP) is 12.1. The Morgan fingerprint density at radius 1 is 0.515 bits per heavy atom. The van der Waals surface area contributed by atoms with Gasteiger partial charge in [-0.2, -0.15) is 0 Å². The van der Waals surface area contributed by atoms with Crippen molar-refractivity contribution in [2.75, 3.05) is 77.4 Å². The Bertz CT molecular complexity index is 1420. The van der Waals surface area contributed by atoms with E-state index in [0.717, 1.165) is 25.7 Å². The molecule has 68 heavy (non-hydrogen) atoms. The van der Waals surface area contributed by atoms with Gasteiger partial charge in [0.05, 0.1) is 45.2 Å². The molecule has 0 bridgehead atoms. The van der Waals surface area contributed by atoms with Gasteiger partial charge in [-0.25, -0.2) is 0 Å². The SMILES string of the molecule is CCCCCCCCCCCCCCCCOCCCOP(=O)(O)CO[C@H](CO)CNc1ccn(C[C@@H](CO)OCP(=O)(O)OCCCOCCCCCCCCCCCCCCCC)c(=O)c1. The quantitative estimate of drug-likeness (QED) is 0.0304. The highest BCUT2D eigenvalue weighted by Gasteiger charge is 2.24. The van der Waals surface area contributed by atoms with Crippen LogP contribution in [0.15, 0.2) is 23.1 Å². The number of aliphatic hydroxyl groups excluding tert-OH is 2. The van der Waals surface area contributed by atoms with Crippen LogP contribution < -0.4 is 10.9 Å². The van der Waals surface area contributed by atoms with E-state index in [1.807, 2.05) is 0 Å². The maximum atomic E-state index is 12.8. The lowest BCUT2D eigenvalue weighted by molar-refractivity contribution is 0.0164. The zero-order chi connectivity index (χ0) is 49.7. The van der Waals surface area contributed by atoms with Gasteiger partial charge in [-0.3, -0.25) is 13.9 Å². The summed E-state index contributed by atoms with van der Waals surface area (Å²) in [5, 5.41) is 22.6. The third-order valence-electron chi connectivity index (χ3n) is 12.0. The van der Waals surface area contributed by atoms with Crippen LogP contribution in [0.25, 0.3) is 0 Å². The summed E-state index contributed by atoms with van der Waals surface area (Å²) in [6.45, 7) is 5.77. The van der Waals surface area contributed by atoms with Crippen molar-refractivity contribution in [2.45, 2.75) is 225 Å². The first-order valence-corrected chi connectivity index (χ1v) is 30.6. The molecule has 0 fully saturated rings. The molecule has 0 aromatic carbocycles. The minimum Gasteiger partial charge on any atom is -0.394 e. The van der Waals surface area contributed by atoms with Crippen molar-refractivity contribution in [2.24, 2.45) is 0 Å². The van der Waals surface area contributed by atoms with Crippen LogP contribution in [-0.2, 0) is 43.7 Å². The average Bonchev–Trinajstić information content (AvgIpc) is 3.32. The number of unbranched alkanes of at least 4 members (excludes halogenated alkanes) is 26. The molecule has 1 heterocycles. The summed E-state index contributed by atoms with van der Waals surface area (Å²) >= 11 is 0. The number of ether oxygens (including phenoxy) is 4. The number of hydrogen-bond acceptors (Lipinski definition) is 12. The van der Waals surface area contributed by atoms with E-state index >= 15 is 0 Å². The summed E-state index contributed by atoms with van der Waals surface area (Å²) in [4.78, 5) is 33.3. The third-order valence-corrected chi connectivity index (χ3v) is 14.1. The van der Waals surface area contributed by atoms with Crippen molar-refractivity contribution in [3.8, 4) is 0 Å². The molecular weight excluding hydrogens is 911 g/mol. The Balaban J connectivity index is 2.14. The van der Waals surface area contributed by atoms with Crippen LogP contribution in [0.2, 0.25) is 0 Å². The van der Waals surface area contributed by atoms with Gasteiger partial charge in [0.15, 0.2) is 0 Å². The third kappa shape index (κ3) is 40.4. The van der Waals surface area contributed by atoms with Gasteiger partial charge in [0.2, 0.25) is 0 Å². The van der Waals surface area contributed by atoms with Gasteiger partial charge < -0.3 is 57.9 Å². The van der Waals surface area contributed by atoms with E-state index in [1.54, 1.807) is 6.07 Å². The summed E-state index contributed by atoms with van der Waals surface area (Å²) in [6.07, 6.45) is 35.8. The van der Waals surface area contributed by atoms with Gasteiger partial charge in [0.1, 0.15) is 12.7 Å². The number of pyridine rings is 1. The van der Waals surface area contributed by atoms with Crippen LogP contribution in [0.3, 0.4) is 0 Å². The summed E-state index contributed by atoms with van der Waals surface area (Å²) in [5.74, 6) is 0. The highest BCUT2D eigenvalue weighted by molar-refractivity contribution is 7.52. The molecule has 1 aromatic rings. The maximum absolute atomic E-state index is 12.8. The maximum Gasteiger partial charge on any atom is 0.353 e.